The van der Waals surface area contributed by atoms with Crippen LogP contribution >= 0.6 is 0 Å². The van der Waals surface area contributed by atoms with Crippen LogP contribution in [0, 0.1) is 0 Å². The predicted octanol–water partition coefficient (Wildman–Crippen LogP) is 2.80. The Morgan fingerprint density at radius 1 is 1.04 bits per heavy atom. The van der Waals surface area contributed by atoms with Crippen molar-refractivity contribution in [3.63, 3.8) is 0 Å². The van der Waals surface area contributed by atoms with Crippen molar-refractivity contribution < 1.29 is 17.9 Å². The summed E-state index contributed by atoms with van der Waals surface area (Å²) in [4.78, 5) is 2.34. The van der Waals surface area contributed by atoms with Crippen molar-refractivity contribution in [2.75, 3.05) is 13.2 Å². The van der Waals surface area contributed by atoms with Gasteiger partial charge in [0.25, 0.3) is 10.0 Å². The van der Waals surface area contributed by atoms with E-state index >= 15 is 0 Å². The van der Waals surface area contributed by atoms with Gasteiger partial charge in [0.05, 0.1) is 24.3 Å². The monoisotopic (exact) mass is 348 g/mol. The highest BCUT2D eigenvalue weighted by atomic mass is 32.2. The average molecular weight is 348 g/mol. The molecule has 0 aromatic heterocycles. The Morgan fingerprint density at radius 2 is 1.75 bits per heavy atom. The number of nitrogens with zero attached hydrogens (tertiary/aromatic N) is 1. The second-order valence-corrected chi connectivity index (χ2v) is 6.39. The SMILES string of the molecule is CCOc1ccc(C=NNS(=O)(=O)c2ccccc2)c(OCC)c1. The van der Waals surface area contributed by atoms with E-state index in [1.807, 2.05) is 13.8 Å². The van der Waals surface area contributed by atoms with E-state index in [-0.39, 0.29) is 4.90 Å². The van der Waals surface area contributed by atoms with Crippen LogP contribution in [0.3, 0.4) is 0 Å². The van der Waals surface area contributed by atoms with Crippen LogP contribution in [0.1, 0.15) is 19.4 Å². The van der Waals surface area contributed by atoms with Crippen molar-refractivity contribution in [2.45, 2.75) is 18.7 Å². The quantitative estimate of drug-likeness (QED) is 0.588. The van der Waals surface area contributed by atoms with Crippen LogP contribution in [0.4, 0.5) is 0 Å². The van der Waals surface area contributed by atoms with Crippen LogP contribution in [-0.2, 0) is 10.0 Å². The largest absolute Gasteiger partial charge is 0.494 e. The van der Waals surface area contributed by atoms with Crippen molar-refractivity contribution in [1.29, 1.82) is 0 Å². The van der Waals surface area contributed by atoms with E-state index in [1.165, 1.54) is 18.3 Å². The lowest BCUT2D eigenvalue weighted by molar-refractivity contribution is 0.323. The fourth-order valence-electron chi connectivity index (χ4n) is 1.98. The van der Waals surface area contributed by atoms with Gasteiger partial charge in [0.2, 0.25) is 0 Å². The van der Waals surface area contributed by atoms with Crippen molar-refractivity contribution in [3.05, 3.63) is 54.1 Å². The molecule has 0 aliphatic rings. The minimum atomic E-state index is -3.69. The van der Waals surface area contributed by atoms with Crippen LogP contribution in [-0.4, -0.2) is 27.8 Å². The highest BCUT2D eigenvalue weighted by Crippen LogP contribution is 2.24. The topological polar surface area (TPSA) is 77.0 Å². The summed E-state index contributed by atoms with van der Waals surface area (Å²) in [6.45, 7) is 4.79. The summed E-state index contributed by atoms with van der Waals surface area (Å²) in [5, 5.41) is 3.82. The highest BCUT2D eigenvalue weighted by Gasteiger charge is 2.11. The third-order valence-electron chi connectivity index (χ3n) is 3.03. The van der Waals surface area contributed by atoms with Crippen LogP contribution in [0.15, 0.2) is 58.5 Å². The number of benzene rings is 2. The molecule has 2 aromatic rings. The van der Waals surface area contributed by atoms with Gasteiger partial charge < -0.3 is 9.47 Å². The minimum Gasteiger partial charge on any atom is -0.494 e. The first-order valence-electron chi connectivity index (χ1n) is 7.56. The number of nitrogens with one attached hydrogen (secondary N) is 1. The number of hydrogen-bond donors (Lipinski definition) is 1. The summed E-state index contributed by atoms with van der Waals surface area (Å²) in [6.07, 6.45) is 1.40. The molecule has 24 heavy (non-hydrogen) atoms. The molecule has 0 aliphatic carbocycles. The third-order valence-corrected chi connectivity index (χ3v) is 4.26. The predicted molar refractivity (Wildman–Crippen MR) is 93.1 cm³/mol. The van der Waals surface area contributed by atoms with Gasteiger partial charge in [-0.05, 0) is 38.1 Å². The van der Waals surface area contributed by atoms with Crippen LogP contribution in [0.5, 0.6) is 11.5 Å². The van der Waals surface area contributed by atoms with Crippen molar-refractivity contribution in [2.24, 2.45) is 5.10 Å². The van der Waals surface area contributed by atoms with Gasteiger partial charge in [0, 0.05) is 11.6 Å². The molecule has 128 valence electrons. The van der Waals surface area contributed by atoms with Gasteiger partial charge in [0.1, 0.15) is 11.5 Å². The molecule has 0 fully saturated rings. The number of ether oxygens (including phenoxy) is 2. The van der Waals surface area contributed by atoms with Gasteiger partial charge in [-0.15, -0.1) is 0 Å². The van der Waals surface area contributed by atoms with E-state index in [4.69, 9.17) is 9.47 Å². The summed E-state index contributed by atoms with van der Waals surface area (Å²) < 4.78 is 35.2. The summed E-state index contributed by atoms with van der Waals surface area (Å²) in [6, 6.07) is 13.3. The second-order valence-electron chi connectivity index (χ2n) is 4.73. The molecule has 6 nitrogen and oxygen atoms in total. The first kappa shape index (κ1) is 17.8. The Morgan fingerprint density at radius 3 is 2.42 bits per heavy atom. The molecular weight excluding hydrogens is 328 g/mol. The molecule has 0 heterocycles. The van der Waals surface area contributed by atoms with Gasteiger partial charge in [-0.3, -0.25) is 0 Å². The first-order chi connectivity index (χ1) is 11.6. The zero-order valence-electron chi connectivity index (χ0n) is 13.6. The molecular formula is C17H20N2O4S. The van der Waals surface area contributed by atoms with E-state index in [2.05, 4.69) is 9.93 Å². The Balaban J connectivity index is 2.16. The molecule has 0 unspecified atom stereocenters. The molecule has 0 bridgehead atoms. The summed E-state index contributed by atoms with van der Waals surface area (Å²) in [5.41, 5.74) is 0.649. The molecule has 1 N–H and O–H groups in total. The molecule has 0 atom stereocenters. The van der Waals surface area contributed by atoms with E-state index in [9.17, 15) is 8.42 Å². The lowest BCUT2D eigenvalue weighted by atomic mass is 10.2. The van der Waals surface area contributed by atoms with Crippen molar-refractivity contribution in [1.82, 2.24) is 4.83 Å². The standard InChI is InChI=1S/C17H20N2O4S/c1-3-22-15-11-10-14(17(12-15)23-4-2)13-18-19-24(20,21)16-8-6-5-7-9-16/h5-13,19H,3-4H2,1-2H3. The van der Waals surface area contributed by atoms with Gasteiger partial charge in [-0.1, -0.05) is 18.2 Å². The third kappa shape index (κ3) is 4.73. The lowest BCUT2D eigenvalue weighted by Crippen LogP contribution is -2.18. The van der Waals surface area contributed by atoms with E-state index in [0.717, 1.165) is 0 Å². The fourth-order valence-corrected chi connectivity index (χ4v) is 2.79. The van der Waals surface area contributed by atoms with E-state index in [1.54, 1.807) is 36.4 Å². The molecule has 0 saturated carbocycles. The summed E-state index contributed by atoms with van der Waals surface area (Å²) in [5.74, 6) is 1.26. The van der Waals surface area contributed by atoms with Crippen LogP contribution < -0.4 is 14.3 Å². The maximum Gasteiger partial charge on any atom is 0.276 e. The average Bonchev–Trinajstić information content (AvgIpc) is 2.58. The molecule has 0 radical (unpaired) electrons. The maximum atomic E-state index is 12.1. The second kappa shape index (κ2) is 8.35. The van der Waals surface area contributed by atoms with Gasteiger partial charge in [-0.25, -0.2) is 4.83 Å². The number of rotatable bonds is 8. The fraction of sp³-hybridized carbons (Fsp3) is 0.235. The number of sulfonamides is 1. The molecule has 2 aromatic carbocycles. The van der Waals surface area contributed by atoms with Crippen LogP contribution in [0.2, 0.25) is 0 Å². The van der Waals surface area contributed by atoms with Gasteiger partial charge >= 0.3 is 0 Å². The van der Waals surface area contributed by atoms with E-state index in [0.29, 0.717) is 30.3 Å². The Bertz CT molecular complexity index is 789. The van der Waals surface area contributed by atoms with Crippen molar-refractivity contribution >= 4 is 16.2 Å². The normalized spacial score (nSPS) is 11.4. The lowest BCUT2D eigenvalue weighted by Gasteiger charge is -2.10. The molecule has 7 heteroatoms. The number of hydrogen-bond acceptors (Lipinski definition) is 5. The van der Waals surface area contributed by atoms with E-state index < -0.39 is 10.0 Å². The Hall–Kier alpha value is -2.54. The molecule has 0 spiro atoms. The minimum absolute atomic E-state index is 0.152. The Labute approximate surface area is 142 Å². The van der Waals surface area contributed by atoms with Gasteiger partial charge in [0.15, 0.2) is 0 Å². The molecule has 0 aliphatic heterocycles. The van der Waals surface area contributed by atoms with Crippen molar-refractivity contribution in [3.8, 4) is 11.5 Å². The zero-order valence-corrected chi connectivity index (χ0v) is 14.4. The Kier molecular flexibility index (Phi) is 6.20. The molecule has 0 saturated heterocycles. The number of hydrazone groups is 1. The molecule has 2 rings (SSSR count). The first-order valence-corrected chi connectivity index (χ1v) is 9.04. The molecule has 0 amide bonds. The van der Waals surface area contributed by atoms with Crippen LogP contribution in [0.25, 0.3) is 0 Å². The smallest absolute Gasteiger partial charge is 0.276 e. The summed E-state index contributed by atoms with van der Waals surface area (Å²) >= 11 is 0. The zero-order chi connectivity index (χ0) is 17.4. The summed E-state index contributed by atoms with van der Waals surface area (Å²) in [7, 11) is -3.69. The highest BCUT2D eigenvalue weighted by molar-refractivity contribution is 7.89. The van der Waals surface area contributed by atoms with Gasteiger partial charge in [-0.2, -0.15) is 13.5 Å². The maximum absolute atomic E-state index is 12.1.